The van der Waals surface area contributed by atoms with Crippen LogP contribution in [0.2, 0.25) is 0 Å². The molecule has 0 spiro atoms. The molecule has 0 aliphatic heterocycles. The first kappa shape index (κ1) is 19.2. The number of rotatable bonds is 6. The van der Waals surface area contributed by atoms with Gasteiger partial charge in [0.2, 0.25) is 0 Å². The Labute approximate surface area is 154 Å². The fourth-order valence-corrected chi connectivity index (χ4v) is 2.23. The molecule has 0 saturated heterocycles. The Kier molecular flexibility index (Phi) is 6.92. The summed E-state index contributed by atoms with van der Waals surface area (Å²) < 4.78 is 0. The predicted molar refractivity (Wildman–Crippen MR) is 105 cm³/mol. The molecule has 26 heavy (non-hydrogen) atoms. The smallest absolute Gasteiger partial charge is 0.267 e. The molecule has 2 amide bonds. The minimum atomic E-state index is -0.321. The minimum Gasteiger partial charge on any atom is -0.349 e. The number of carbonyl (C=O) groups is 2. The molecule has 0 aliphatic carbocycles. The van der Waals surface area contributed by atoms with Crippen molar-refractivity contribution in [2.24, 2.45) is 0 Å². The van der Waals surface area contributed by atoms with Crippen LogP contribution >= 0.6 is 0 Å². The Morgan fingerprint density at radius 2 is 1.62 bits per heavy atom. The second-order valence-electron chi connectivity index (χ2n) is 6.30. The maximum absolute atomic E-state index is 12.4. The number of aryl methyl sites for hydroxylation is 1. The number of hydrogen-bond donors (Lipinski definition) is 2. The lowest BCUT2D eigenvalue weighted by Crippen LogP contribution is -2.38. The van der Waals surface area contributed by atoms with Crippen LogP contribution < -0.4 is 10.6 Å². The Morgan fingerprint density at radius 3 is 2.23 bits per heavy atom. The van der Waals surface area contributed by atoms with E-state index in [-0.39, 0.29) is 23.6 Å². The monoisotopic (exact) mass is 348 g/mol. The summed E-state index contributed by atoms with van der Waals surface area (Å²) in [5.41, 5.74) is 2.79. The fraction of sp³-hybridized carbons (Fsp3) is 0.182. The van der Waals surface area contributed by atoms with E-state index in [4.69, 9.17) is 0 Å². The lowest BCUT2D eigenvalue weighted by atomic mass is 10.1. The van der Waals surface area contributed by atoms with Crippen LogP contribution in [0.3, 0.4) is 0 Å². The van der Waals surface area contributed by atoms with Crippen LogP contribution in [0.5, 0.6) is 0 Å². The van der Waals surface area contributed by atoms with Crippen molar-refractivity contribution in [3.63, 3.8) is 0 Å². The van der Waals surface area contributed by atoms with Gasteiger partial charge in [0.1, 0.15) is 5.70 Å². The van der Waals surface area contributed by atoms with E-state index in [1.807, 2.05) is 69.3 Å². The largest absolute Gasteiger partial charge is 0.349 e. The second kappa shape index (κ2) is 9.37. The summed E-state index contributed by atoms with van der Waals surface area (Å²) in [4.78, 5) is 24.8. The highest BCUT2D eigenvalue weighted by Gasteiger charge is 2.14. The molecule has 0 aromatic heterocycles. The third kappa shape index (κ3) is 6.06. The van der Waals surface area contributed by atoms with Crippen molar-refractivity contribution in [2.45, 2.75) is 26.8 Å². The number of carbonyl (C=O) groups excluding carboxylic acids is 2. The second-order valence-corrected chi connectivity index (χ2v) is 6.30. The molecule has 4 nitrogen and oxygen atoms in total. The van der Waals surface area contributed by atoms with E-state index in [2.05, 4.69) is 10.6 Å². The third-order valence-electron chi connectivity index (χ3n) is 3.58. The molecule has 2 aromatic carbocycles. The molecule has 4 heteroatoms. The van der Waals surface area contributed by atoms with Gasteiger partial charge in [-0.1, -0.05) is 60.2 Å². The quantitative estimate of drug-likeness (QED) is 0.615. The highest BCUT2D eigenvalue weighted by molar-refractivity contribution is 6.03. The number of hydrogen-bond acceptors (Lipinski definition) is 2. The molecule has 0 radical (unpaired) electrons. The van der Waals surface area contributed by atoms with Crippen molar-refractivity contribution in [2.75, 3.05) is 0 Å². The summed E-state index contributed by atoms with van der Waals surface area (Å²) >= 11 is 0. The van der Waals surface area contributed by atoms with Crippen LogP contribution in [0.25, 0.3) is 6.08 Å². The van der Waals surface area contributed by atoms with Crippen LogP contribution in [0.15, 0.2) is 72.4 Å². The van der Waals surface area contributed by atoms with E-state index >= 15 is 0 Å². The zero-order chi connectivity index (χ0) is 18.9. The van der Waals surface area contributed by atoms with Crippen LogP contribution in [-0.4, -0.2) is 17.9 Å². The van der Waals surface area contributed by atoms with Gasteiger partial charge in [-0.05, 0) is 44.5 Å². The number of allylic oxidation sites excluding steroid dienone is 2. The first-order valence-corrected chi connectivity index (χ1v) is 8.58. The van der Waals surface area contributed by atoms with Gasteiger partial charge in [-0.3, -0.25) is 9.59 Å². The first-order chi connectivity index (χ1) is 12.5. The third-order valence-corrected chi connectivity index (χ3v) is 3.58. The average Bonchev–Trinajstić information content (AvgIpc) is 2.61. The molecule has 2 N–H and O–H groups in total. The molecular formula is C22H24N2O2. The maximum Gasteiger partial charge on any atom is 0.267 e. The van der Waals surface area contributed by atoms with E-state index in [0.717, 1.165) is 11.1 Å². The zero-order valence-electron chi connectivity index (χ0n) is 15.3. The van der Waals surface area contributed by atoms with Gasteiger partial charge in [0, 0.05) is 11.6 Å². The number of nitrogens with one attached hydrogen (secondary N) is 2. The Balaban J connectivity index is 2.18. The molecule has 2 rings (SSSR count). The van der Waals surface area contributed by atoms with Crippen molar-refractivity contribution in [3.05, 3.63) is 89.1 Å². The lowest BCUT2D eigenvalue weighted by molar-refractivity contribution is -0.118. The van der Waals surface area contributed by atoms with Gasteiger partial charge in [-0.25, -0.2) is 0 Å². The molecule has 134 valence electrons. The summed E-state index contributed by atoms with van der Waals surface area (Å²) in [5, 5.41) is 5.50. The van der Waals surface area contributed by atoms with Gasteiger partial charge in [0.05, 0.1) is 0 Å². The summed E-state index contributed by atoms with van der Waals surface area (Å²) in [6, 6.07) is 16.9. The maximum atomic E-state index is 12.4. The Hall–Kier alpha value is -3.14. The van der Waals surface area contributed by atoms with Gasteiger partial charge in [-0.2, -0.15) is 0 Å². The van der Waals surface area contributed by atoms with Gasteiger partial charge >= 0.3 is 0 Å². The first-order valence-electron chi connectivity index (χ1n) is 8.58. The van der Waals surface area contributed by atoms with E-state index in [9.17, 15) is 9.59 Å². The van der Waals surface area contributed by atoms with Gasteiger partial charge in [-0.15, -0.1) is 0 Å². The standard InChI is InChI=1S/C22H24N2O2/c1-16(2)23-22(26)20(11-7-10-18-8-5-4-6-9-18)24-21(25)19-14-12-17(3)13-15-19/h4-16H,1-3H3,(H,23,26)(H,24,25)/b10-7-,20-11+. The number of amides is 2. The van der Waals surface area contributed by atoms with Crippen molar-refractivity contribution in [1.82, 2.24) is 10.6 Å². The van der Waals surface area contributed by atoms with Crippen LogP contribution in [-0.2, 0) is 4.79 Å². The van der Waals surface area contributed by atoms with Crippen LogP contribution in [0.4, 0.5) is 0 Å². The summed E-state index contributed by atoms with van der Waals surface area (Å²) in [6.07, 6.45) is 5.23. The Bertz CT molecular complexity index is 804. The molecule has 0 fully saturated rings. The van der Waals surface area contributed by atoms with Gasteiger partial charge < -0.3 is 10.6 Å². The molecule has 2 aromatic rings. The molecule has 0 heterocycles. The average molecular weight is 348 g/mol. The molecule has 0 atom stereocenters. The zero-order valence-corrected chi connectivity index (χ0v) is 15.3. The van der Waals surface area contributed by atoms with E-state index in [1.54, 1.807) is 24.3 Å². The van der Waals surface area contributed by atoms with Crippen molar-refractivity contribution in [3.8, 4) is 0 Å². The molecule has 0 bridgehead atoms. The van der Waals surface area contributed by atoms with E-state index in [1.165, 1.54) is 0 Å². The highest BCUT2D eigenvalue weighted by Crippen LogP contribution is 2.06. The SMILES string of the molecule is Cc1ccc(C(=O)N/C(=C/C=C\c2ccccc2)C(=O)NC(C)C)cc1. The Morgan fingerprint density at radius 1 is 0.962 bits per heavy atom. The topological polar surface area (TPSA) is 58.2 Å². The van der Waals surface area contributed by atoms with Crippen molar-refractivity contribution >= 4 is 17.9 Å². The molecule has 0 saturated carbocycles. The molecule has 0 unspecified atom stereocenters. The van der Waals surface area contributed by atoms with Gasteiger partial charge in [0.15, 0.2) is 0 Å². The van der Waals surface area contributed by atoms with Crippen molar-refractivity contribution < 1.29 is 9.59 Å². The van der Waals surface area contributed by atoms with Crippen LogP contribution in [0.1, 0.15) is 35.3 Å². The summed E-state index contributed by atoms with van der Waals surface area (Å²) in [7, 11) is 0. The summed E-state index contributed by atoms with van der Waals surface area (Å²) in [5.74, 6) is -0.638. The number of benzene rings is 2. The highest BCUT2D eigenvalue weighted by atomic mass is 16.2. The van der Waals surface area contributed by atoms with E-state index in [0.29, 0.717) is 5.56 Å². The normalized spacial score (nSPS) is 11.6. The molecule has 0 aliphatic rings. The molecular weight excluding hydrogens is 324 g/mol. The fourth-order valence-electron chi connectivity index (χ4n) is 2.23. The van der Waals surface area contributed by atoms with E-state index < -0.39 is 0 Å². The van der Waals surface area contributed by atoms with Crippen LogP contribution in [0, 0.1) is 6.92 Å². The minimum absolute atomic E-state index is 0.0275. The lowest BCUT2D eigenvalue weighted by Gasteiger charge is -2.12. The summed E-state index contributed by atoms with van der Waals surface area (Å²) in [6.45, 7) is 5.70. The van der Waals surface area contributed by atoms with Gasteiger partial charge in [0.25, 0.3) is 11.8 Å². The predicted octanol–water partition coefficient (Wildman–Crippen LogP) is 3.85. The van der Waals surface area contributed by atoms with Crippen molar-refractivity contribution in [1.29, 1.82) is 0 Å².